The fourth-order valence-electron chi connectivity index (χ4n) is 7.00. The SMILES string of the molecule is [2H]NC(C(=O)[C@@H](O)[C@@H](O)[C@H](O)CO)C(=O)N(CCCCCCCCCCCCCCCCCC)CCCCCCCCCCCCCCCCCC. The van der Waals surface area contributed by atoms with Gasteiger partial charge in [-0.15, -0.1) is 0 Å². The summed E-state index contributed by atoms with van der Waals surface area (Å²) in [4.78, 5) is 28.0. The van der Waals surface area contributed by atoms with Crippen molar-refractivity contribution in [3.8, 4) is 0 Å². The number of nitrogens with two attached hydrogens (primary N) is 1. The van der Waals surface area contributed by atoms with Crippen LogP contribution in [0.1, 0.15) is 219 Å². The molecule has 4 atom stereocenters. The van der Waals surface area contributed by atoms with Gasteiger partial charge < -0.3 is 31.1 Å². The number of aliphatic hydroxyl groups is 4. The van der Waals surface area contributed by atoms with Crippen LogP contribution in [0.15, 0.2) is 0 Å². The van der Waals surface area contributed by atoms with Crippen LogP contribution in [-0.4, -0.2) is 81.1 Å². The highest BCUT2D eigenvalue weighted by atomic mass is 16.4. The Balaban J connectivity index is 4.49. The van der Waals surface area contributed by atoms with Gasteiger partial charge in [0, 0.05) is 13.1 Å². The van der Waals surface area contributed by atoms with Crippen LogP contribution in [0.4, 0.5) is 0 Å². The lowest BCUT2D eigenvalue weighted by Gasteiger charge is -2.28. The highest BCUT2D eigenvalue weighted by Gasteiger charge is 2.37. The van der Waals surface area contributed by atoms with E-state index in [0.717, 1.165) is 38.5 Å². The number of carbonyl (C=O) groups is 2. The standard InChI is InChI=1S/C43H86N2O6/c1-3-5-7-9-11-13-15-17-19-21-23-25-27-29-31-33-35-45(43(51)39(44)41(49)42(50)40(48)38(47)37-46)36-34-32-30-28-26-24-22-20-18-16-14-12-10-8-6-4-2/h38-40,42,46-48,50H,3-37,44H2,1-2H3/t38-,39?,40+,42+/m1/s1/i/hD. The van der Waals surface area contributed by atoms with Crippen LogP contribution < -0.4 is 5.73 Å². The number of Topliss-reactive ketones (excluding diaryl/α,β-unsaturated/α-hetero) is 1. The molecule has 0 spiro atoms. The van der Waals surface area contributed by atoms with E-state index in [1.54, 1.807) is 4.90 Å². The maximum absolute atomic E-state index is 13.5. The van der Waals surface area contributed by atoms with Crippen molar-refractivity contribution in [2.45, 2.75) is 244 Å². The van der Waals surface area contributed by atoms with Gasteiger partial charge in [0.1, 0.15) is 25.8 Å². The van der Waals surface area contributed by atoms with Gasteiger partial charge in [-0.2, -0.15) is 0 Å². The number of amides is 1. The number of ketones is 1. The van der Waals surface area contributed by atoms with Crippen molar-refractivity contribution in [1.29, 1.82) is 0 Å². The molecule has 0 saturated carbocycles. The summed E-state index contributed by atoms with van der Waals surface area (Å²) >= 11 is 0. The summed E-state index contributed by atoms with van der Waals surface area (Å²) in [5.74, 6) is -1.67. The molecule has 0 aliphatic heterocycles. The van der Waals surface area contributed by atoms with E-state index >= 15 is 0 Å². The average Bonchev–Trinajstić information content (AvgIpc) is 3.15. The molecule has 51 heavy (non-hydrogen) atoms. The van der Waals surface area contributed by atoms with Crippen molar-refractivity contribution in [2.24, 2.45) is 5.73 Å². The number of aliphatic hydroxyl groups excluding tert-OH is 4. The second kappa shape index (κ2) is 37.3. The fraction of sp³-hybridized carbons (Fsp3) is 0.953. The molecular weight excluding hydrogens is 640 g/mol. The molecule has 6 N–H and O–H groups in total. The lowest BCUT2D eigenvalue weighted by molar-refractivity contribution is -0.148. The van der Waals surface area contributed by atoms with Crippen LogP contribution in [0.25, 0.3) is 0 Å². The van der Waals surface area contributed by atoms with E-state index < -0.39 is 42.7 Å². The first-order chi connectivity index (χ1) is 25.3. The normalized spacial score (nSPS) is 14.3. The minimum Gasteiger partial charge on any atom is -0.394 e. The van der Waals surface area contributed by atoms with Crippen LogP contribution in [0.5, 0.6) is 0 Å². The largest absolute Gasteiger partial charge is 0.394 e. The third-order valence-corrected chi connectivity index (χ3v) is 10.6. The van der Waals surface area contributed by atoms with E-state index in [4.69, 9.17) is 6.52 Å². The van der Waals surface area contributed by atoms with Gasteiger partial charge in [0.25, 0.3) is 0 Å². The Labute approximate surface area is 316 Å². The third kappa shape index (κ3) is 29.0. The minimum absolute atomic E-state index is 0.472. The molecule has 8 heteroatoms. The zero-order chi connectivity index (χ0) is 38.5. The molecule has 0 aromatic rings. The molecule has 0 fully saturated rings. The van der Waals surface area contributed by atoms with Crippen LogP contribution in [-0.2, 0) is 9.59 Å². The Bertz CT molecular complexity index is 755. The van der Waals surface area contributed by atoms with Crippen LogP contribution in [0.2, 0.25) is 1.41 Å². The molecule has 0 radical (unpaired) electrons. The van der Waals surface area contributed by atoms with Gasteiger partial charge in [-0.25, -0.2) is 0 Å². The summed E-state index contributed by atoms with van der Waals surface area (Å²) in [7, 11) is 0. The first-order valence-corrected chi connectivity index (χ1v) is 22.0. The highest BCUT2D eigenvalue weighted by molar-refractivity contribution is 6.07. The molecule has 0 aromatic heterocycles. The lowest BCUT2D eigenvalue weighted by Crippen LogP contribution is -2.55. The number of hydrogen-bond acceptors (Lipinski definition) is 7. The molecule has 8 nitrogen and oxygen atoms in total. The van der Waals surface area contributed by atoms with Gasteiger partial charge in [-0.05, 0) is 12.8 Å². The Morgan fingerprint density at radius 3 is 1.04 bits per heavy atom. The maximum Gasteiger partial charge on any atom is 0.247 e. The number of unbranched alkanes of at least 4 members (excludes halogenated alkanes) is 30. The second-order valence-electron chi connectivity index (χ2n) is 15.5. The van der Waals surface area contributed by atoms with E-state index in [1.165, 1.54) is 167 Å². The molecule has 0 aliphatic carbocycles. The first-order valence-electron chi connectivity index (χ1n) is 22.5. The van der Waals surface area contributed by atoms with Gasteiger partial charge in [0.2, 0.25) is 5.91 Å². The van der Waals surface area contributed by atoms with E-state index in [-0.39, 0.29) is 0 Å². The Kier molecular flexibility index (Phi) is 35.0. The minimum atomic E-state index is -2.10. The van der Waals surface area contributed by atoms with Gasteiger partial charge in [-0.1, -0.05) is 206 Å². The summed E-state index contributed by atoms with van der Waals surface area (Å²) < 4.78 is 7.68. The molecule has 0 heterocycles. The third-order valence-electron chi connectivity index (χ3n) is 10.6. The van der Waals surface area contributed by atoms with Gasteiger partial charge >= 0.3 is 0 Å². The highest BCUT2D eigenvalue weighted by Crippen LogP contribution is 2.16. The molecule has 1 unspecified atom stereocenters. The van der Waals surface area contributed by atoms with Crippen molar-refractivity contribution in [3.63, 3.8) is 0 Å². The average molecular weight is 728 g/mol. The first kappa shape index (κ1) is 48.0. The maximum atomic E-state index is 13.5. The molecular formula is C43H86N2O6. The molecule has 0 rings (SSSR count). The molecule has 1 amide bonds. The zero-order valence-electron chi connectivity index (χ0n) is 34.6. The zero-order valence-corrected chi connectivity index (χ0v) is 33.6. The summed E-state index contributed by atoms with van der Waals surface area (Å²) in [5, 5.41) is 39.1. The number of carbonyl (C=O) groups excluding carboxylic acids is 2. The predicted octanol–water partition coefficient (Wildman–Crippen LogP) is 9.31. The molecule has 0 aliphatic rings. The second-order valence-corrected chi connectivity index (χ2v) is 15.5. The van der Waals surface area contributed by atoms with E-state index in [9.17, 15) is 24.9 Å². The van der Waals surface area contributed by atoms with Crippen molar-refractivity contribution in [3.05, 3.63) is 0 Å². The van der Waals surface area contributed by atoms with Crippen LogP contribution in [0.3, 0.4) is 0 Å². The molecule has 0 saturated heterocycles. The van der Waals surface area contributed by atoms with Gasteiger partial charge in [0.05, 0.1) is 6.61 Å². The monoisotopic (exact) mass is 728 g/mol. The topological polar surface area (TPSA) is 144 Å². The molecule has 0 bridgehead atoms. The Morgan fingerprint density at radius 2 is 0.784 bits per heavy atom. The Hall–Kier alpha value is -1.06. The van der Waals surface area contributed by atoms with Crippen LogP contribution >= 0.6 is 0 Å². The summed E-state index contributed by atoms with van der Waals surface area (Å²) in [5.41, 5.74) is 1.98. The van der Waals surface area contributed by atoms with Crippen molar-refractivity contribution >= 4 is 11.7 Å². The molecule has 304 valence electrons. The summed E-state index contributed by atoms with van der Waals surface area (Å²) in [6, 6.07) is -1.65. The number of hydrogen-bond donors (Lipinski definition) is 5. The Morgan fingerprint density at radius 1 is 0.510 bits per heavy atom. The van der Waals surface area contributed by atoms with Gasteiger partial charge in [-0.3, -0.25) is 9.59 Å². The van der Waals surface area contributed by atoms with Crippen LogP contribution in [0, 0.1) is 0 Å². The smallest absolute Gasteiger partial charge is 0.247 e. The van der Waals surface area contributed by atoms with E-state index in [2.05, 4.69) is 13.8 Å². The van der Waals surface area contributed by atoms with E-state index in [1.807, 2.05) is 5.73 Å². The predicted molar refractivity (Wildman–Crippen MR) is 214 cm³/mol. The summed E-state index contributed by atoms with van der Waals surface area (Å²) in [6.45, 7) is 4.62. The lowest BCUT2D eigenvalue weighted by atomic mass is 9.99. The number of rotatable bonds is 41. The number of nitrogens with zero attached hydrogens (tertiary/aromatic N) is 1. The van der Waals surface area contributed by atoms with E-state index in [0.29, 0.717) is 13.1 Å². The van der Waals surface area contributed by atoms with Crippen molar-refractivity contribution < 1.29 is 31.4 Å². The van der Waals surface area contributed by atoms with Gasteiger partial charge in [0.15, 0.2) is 5.78 Å². The van der Waals surface area contributed by atoms with Crippen molar-refractivity contribution in [2.75, 3.05) is 19.7 Å². The summed E-state index contributed by atoms with van der Waals surface area (Å²) in [6.07, 6.45) is 34.6. The molecule has 0 aromatic carbocycles. The van der Waals surface area contributed by atoms with Crippen molar-refractivity contribution in [1.82, 2.24) is 4.90 Å². The quantitative estimate of drug-likeness (QED) is 0.0312. The fourth-order valence-corrected chi connectivity index (χ4v) is 7.00.